The molecule has 0 radical (unpaired) electrons. The van der Waals surface area contributed by atoms with Crippen molar-refractivity contribution in [1.29, 1.82) is 0 Å². The molecule has 5 nitrogen and oxygen atoms in total. The first-order valence-corrected chi connectivity index (χ1v) is 7.33. The van der Waals surface area contributed by atoms with E-state index < -0.39 is 5.54 Å². The third kappa shape index (κ3) is 5.89. The Kier molecular flexibility index (Phi) is 7.34. The van der Waals surface area contributed by atoms with E-state index in [-0.39, 0.29) is 5.91 Å². The van der Waals surface area contributed by atoms with Gasteiger partial charge in [-0.3, -0.25) is 4.79 Å². The molecule has 1 aliphatic carbocycles. The number of likely N-dealkylation sites (N-methyl/N-ethyl adjacent to an activating group) is 1. The maximum atomic E-state index is 12.1. The first kappa shape index (κ1) is 16.4. The van der Waals surface area contributed by atoms with Crippen LogP contribution in [0.25, 0.3) is 0 Å². The van der Waals surface area contributed by atoms with Gasteiger partial charge in [0.15, 0.2) is 0 Å². The molecule has 0 aliphatic heterocycles. The molecule has 1 aliphatic rings. The summed E-state index contributed by atoms with van der Waals surface area (Å²) < 4.78 is 5.02. The number of carbonyl (C=O) groups is 1. The molecule has 0 unspecified atom stereocenters. The number of hydrogen-bond acceptors (Lipinski definition) is 4. The van der Waals surface area contributed by atoms with E-state index >= 15 is 0 Å². The number of rotatable bonds is 8. The number of nitrogens with zero attached hydrogens (tertiary/aromatic N) is 1. The molecule has 5 heteroatoms. The van der Waals surface area contributed by atoms with Crippen LogP contribution in [-0.4, -0.2) is 56.7 Å². The van der Waals surface area contributed by atoms with Crippen molar-refractivity contribution in [3.05, 3.63) is 0 Å². The maximum absolute atomic E-state index is 12.1. The van der Waals surface area contributed by atoms with Crippen molar-refractivity contribution in [2.45, 2.75) is 44.1 Å². The van der Waals surface area contributed by atoms with Crippen LogP contribution in [0.3, 0.4) is 0 Å². The Balaban J connectivity index is 2.13. The van der Waals surface area contributed by atoms with Gasteiger partial charge in [0, 0.05) is 20.2 Å². The highest BCUT2D eigenvalue weighted by atomic mass is 16.5. The molecule has 0 atom stereocenters. The maximum Gasteiger partial charge on any atom is 0.240 e. The highest BCUT2D eigenvalue weighted by molar-refractivity contribution is 5.86. The summed E-state index contributed by atoms with van der Waals surface area (Å²) in [5, 5.41) is 2.98. The predicted octanol–water partition coefficient (Wildman–Crippen LogP) is 0.733. The van der Waals surface area contributed by atoms with Gasteiger partial charge in [0.1, 0.15) is 0 Å². The zero-order chi connectivity index (χ0) is 14.1. The molecule has 0 spiro atoms. The van der Waals surface area contributed by atoms with E-state index in [0.717, 1.165) is 51.8 Å². The minimum atomic E-state index is -0.611. The molecule has 0 saturated heterocycles. The van der Waals surface area contributed by atoms with Crippen LogP contribution < -0.4 is 11.1 Å². The number of hydrogen-bond donors (Lipinski definition) is 2. The fourth-order valence-electron chi connectivity index (χ4n) is 2.50. The Labute approximate surface area is 116 Å². The normalized spacial score (nSPS) is 18.5. The van der Waals surface area contributed by atoms with Crippen LogP contribution in [0.1, 0.15) is 38.5 Å². The monoisotopic (exact) mass is 271 g/mol. The van der Waals surface area contributed by atoms with Crippen LogP contribution in [0, 0.1) is 0 Å². The molecule has 3 N–H and O–H groups in total. The fourth-order valence-corrected chi connectivity index (χ4v) is 2.50. The number of nitrogens with two attached hydrogens (primary N) is 1. The number of nitrogens with one attached hydrogen (secondary N) is 1. The van der Waals surface area contributed by atoms with Gasteiger partial charge in [-0.1, -0.05) is 19.3 Å². The third-order valence-electron chi connectivity index (χ3n) is 3.88. The van der Waals surface area contributed by atoms with E-state index in [1.165, 1.54) is 6.42 Å². The lowest BCUT2D eigenvalue weighted by Gasteiger charge is -2.31. The number of carbonyl (C=O) groups excluding carboxylic acids is 1. The van der Waals surface area contributed by atoms with Crippen LogP contribution in [0.5, 0.6) is 0 Å². The Hall–Kier alpha value is -0.650. The van der Waals surface area contributed by atoms with Crippen molar-refractivity contribution in [1.82, 2.24) is 10.2 Å². The van der Waals surface area contributed by atoms with Crippen molar-refractivity contribution in [3.63, 3.8) is 0 Å². The quantitative estimate of drug-likeness (QED) is 0.639. The lowest BCUT2D eigenvalue weighted by atomic mass is 9.82. The molecule has 1 saturated carbocycles. The lowest BCUT2D eigenvalue weighted by Crippen LogP contribution is -2.55. The first-order valence-electron chi connectivity index (χ1n) is 7.33. The van der Waals surface area contributed by atoms with Crippen LogP contribution in [0.15, 0.2) is 0 Å². The van der Waals surface area contributed by atoms with E-state index in [2.05, 4.69) is 17.3 Å². The summed E-state index contributed by atoms with van der Waals surface area (Å²) in [6, 6.07) is 0. The summed E-state index contributed by atoms with van der Waals surface area (Å²) in [4.78, 5) is 14.3. The van der Waals surface area contributed by atoms with Crippen LogP contribution in [-0.2, 0) is 9.53 Å². The second-order valence-corrected chi connectivity index (χ2v) is 5.62. The van der Waals surface area contributed by atoms with Gasteiger partial charge in [0.2, 0.25) is 5.91 Å². The summed E-state index contributed by atoms with van der Waals surface area (Å²) in [5.41, 5.74) is 5.56. The Morgan fingerprint density at radius 3 is 2.63 bits per heavy atom. The van der Waals surface area contributed by atoms with Gasteiger partial charge in [-0.15, -0.1) is 0 Å². The first-order chi connectivity index (χ1) is 9.08. The second-order valence-electron chi connectivity index (χ2n) is 5.62. The minimum Gasteiger partial charge on any atom is -0.383 e. The smallest absolute Gasteiger partial charge is 0.240 e. The molecule has 1 rings (SSSR count). The van der Waals surface area contributed by atoms with Gasteiger partial charge in [0.25, 0.3) is 0 Å². The number of ether oxygens (including phenoxy) is 1. The molecule has 19 heavy (non-hydrogen) atoms. The molecule has 0 aromatic carbocycles. The minimum absolute atomic E-state index is 0.0340. The molecule has 1 amide bonds. The van der Waals surface area contributed by atoms with E-state index in [4.69, 9.17) is 10.5 Å². The van der Waals surface area contributed by atoms with Crippen LogP contribution >= 0.6 is 0 Å². The van der Waals surface area contributed by atoms with Gasteiger partial charge < -0.3 is 20.7 Å². The third-order valence-corrected chi connectivity index (χ3v) is 3.88. The predicted molar refractivity (Wildman–Crippen MR) is 77.0 cm³/mol. The van der Waals surface area contributed by atoms with Crippen molar-refractivity contribution < 1.29 is 9.53 Å². The lowest BCUT2D eigenvalue weighted by molar-refractivity contribution is -0.127. The largest absolute Gasteiger partial charge is 0.383 e. The molecular weight excluding hydrogens is 242 g/mol. The fraction of sp³-hybridized carbons (Fsp3) is 0.929. The SMILES string of the molecule is COCCN(C)CCCNC(=O)C1(N)CCCCC1. The molecule has 0 aromatic rings. The Bertz CT molecular complexity index is 265. The number of amides is 1. The summed E-state index contributed by atoms with van der Waals surface area (Å²) in [5.74, 6) is 0.0340. The van der Waals surface area contributed by atoms with Crippen LogP contribution in [0.4, 0.5) is 0 Å². The molecule has 0 heterocycles. The zero-order valence-electron chi connectivity index (χ0n) is 12.4. The van der Waals surface area contributed by atoms with E-state index in [1.54, 1.807) is 7.11 Å². The highest BCUT2D eigenvalue weighted by Crippen LogP contribution is 2.25. The second kappa shape index (κ2) is 8.51. The zero-order valence-corrected chi connectivity index (χ0v) is 12.4. The summed E-state index contributed by atoms with van der Waals surface area (Å²) in [6.45, 7) is 3.33. The average Bonchev–Trinajstić information content (AvgIpc) is 2.41. The van der Waals surface area contributed by atoms with Gasteiger partial charge in [-0.25, -0.2) is 0 Å². The highest BCUT2D eigenvalue weighted by Gasteiger charge is 2.34. The Morgan fingerprint density at radius 2 is 2.00 bits per heavy atom. The van der Waals surface area contributed by atoms with Gasteiger partial charge in [-0.2, -0.15) is 0 Å². The average molecular weight is 271 g/mol. The summed E-state index contributed by atoms with van der Waals surface area (Å²) in [6.07, 6.45) is 5.95. The van der Waals surface area contributed by atoms with E-state index in [1.807, 2.05) is 0 Å². The molecule has 0 aromatic heterocycles. The van der Waals surface area contributed by atoms with Gasteiger partial charge in [-0.05, 0) is 32.9 Å². The van der Waals surface area contributed by atoms with Crippen LogP contribution in [0.2, 0.25) is 0 Å². The molecule has 112 valence electrons. The topological polar surface area (TPSA) is 67.6 Å². The molecular formula is C14H29N3O2. The Morgan fingerprint density at radius 1 is 1.32 bits per heavy atom. The van der Waals surface area contributed by atoms with E-state index in [9.17, 15) is 4.79 Å². The van der Waals surface area contributed by atoms with Crippen molar-refractivity contribution in [3.8, 4) is 0 Å². The van der Waals surface area contributed by atoms with Gasteiger partial charge in [0.05, 0.1) is 12.1 Å². The molecule has 1 fully saturated rings. The van der Waals surface area contributed by atoms with Crippen molar-refractivity contribution in [2.75, 3.05) is 40.4 Å². The summed E-state index contributed by atoms with van der Waals surface area (Å²) in [7, 11) is 3.77. The standard InChI is InChI=1S/C14H29N3O2/c1-17(11-12-19-2)10-6-9-16-13(18)14(15)7-4-3-5-8-14/h3-12,15H2,1-2H3,(H,16,18). The summed E-state index contributed by atoms with van der Waals surface area (Å²) >= 11 is 0. The van der Waals surface area contributed by atoms with Crippen molar-refractivity contribution in [2.24, 2.45) is 5.73 Å². The molecule has 0 bridgehead atoms. The number of methoxy groups -OCH3 is 1. The van der Waals surface area contributed by atoms with E-state index in [0.29, 0.717) is 6.54 Å². The van der Waals surface area contributed by atoms with Gasteiger partial charge >= 0.3 is 0 Å². The van der Waals surface area contributed by atoms with Crippen molar-refractivity contribution >= 4 is 5.91 Å².